The highest BCUT2D eigenvalue weighted by molar-refractivity contribution is 5.78. The van der Waals surface area contributed by atoms with Crippen LogP contribution in [-0.2, 0) is 4.79 Å². The van der Waals surface area contributed by atoms with Gasteiger partial charge in [0.25, 0.3) is 0 Å². The van der Waals surface area contributed by atoms with Gasteiger partial charge in [0.05, 0.1) is 0 Å². The molecule has 0 atom stereocenters. The molecule has 1 saturated carbocycles. The Morgan fingerprint density at radius 3 is 2.39 bits per heavy atom. The molecule has 0 aromatic carbocycles. The molecule has 5 heteroatoms. The molecule has 0 unspecified atom stereocenters. The first-order valence-corrected chi connectivity index (χ1v) is 7.08. The number of hydrogen-bond donors (Lipinski definition) is 2. The number of carbonyl (C=O) groups is 2. The molecule has 2 rings (SSSR count). The third kappa shape index (κ3) is 3.89. The van der Waals surface area contributed by atoms with Crippen LogP contribution in [0.5, 0.6) is 0 Å². The Kier molecular flexibility index (Phi) is 4.84. The van der Waals surface area contributed by atoms with Crippen molar-refractivity contribution in [2.75, 3.05) is 19.6 Å². The lowest BCUT2D eigenvalue weighted by molar-refractivity contribution is -0.129. The number of likely N-dealkylation sites (tertiary alicyclic amines) is 1. The first-order chi connectivity index (χ1) is 8.75. The van der Waals surface area contributed by atoms with Crippen LogP contribution < -0.4 is 10.6 Å². The smallest absolute Gasteiger partial charge is 0.315 e. The molecule has 2 N–H and O–H groups in total. The van der Waals surface area contributed by atoms with Crippen LogP contribution in [0, 0.1) is 0 Å². The third-order valence-electron chi connectivity index (χ3n) is 3.77. The molecule has 2 aliphatic rings. The average Bonchev–Trinajstić information content (AvgIpc) is 3.00. The molecule has 5 nitrogen and oxygen atoms in total. The van der Waals surface area contributed by atoms with Crippen molar-refractivity contribution >= 4 is 11.9 Å². The van der Waals surface area contributed by atoms with Gasteiger partial charge in [0.1, 0.15) is 0 Å². The summed E-state index contributed by atoms with van der Waals surface area (Å²) in [6.45, 7) is 2.20. The lowest BCUT2D eigenvalue weighted by Crippen LogP contribution is -2.42. The summed E-state index contributed by atoms with van der Waals surface area (Å²) in [5, 5.41) is 5.71. The van der Waals surface area contributed by atoms with E-state index in [1.165, 1.54) is 12.8 Å². The largest absolute Gasteiger partial charge is 0.343 e. The summed E-state index contributed by atoms with van der Waals surface area (Å²) < 4.78 is 0. The molecule has 102 valence electrons. The van der Waals surface area contributed by atoms with Gasteiger partial charge in [-0.15, -0.1) is 0 Å². The third-order valence-corrected chi connectivity index (χ3v) is 3.77. The zero-order valence-electron chi connectivity index (χ0n) is 10.9. The standard InChI is InChI=1S/C13H23N3O2/c17-12(16-9-3-4-10-16)7-8-14-13(18)15-11-5-1-2-6-11/h11H,1-10H2,(H2,14,15,18). The minimum atomic E-state index is -0.129. The predicted molar refractivity (Wildman–Crippen MR) is 69.2 cm³/mol. The molecule has 1 aliphatic heterocycles. The Bertz CT molecular complexity index is 295. The molecular formula is C13H23N3O2. The highest BCUT2D eigenvalue weighted by Crippen LogP contribution is 2.17. The van der Waals surface area contributed by atoms with Crippen molar-refractivity contribution in [1.29, 1.82) is 0 Å². The summed E-state index contributed by atoms with van der Waals surface area (Å²) in [6.07, 6.45) is 7.22. The van der Waals surface area contributed by atoms with E-state index in [9.17, 15) is 9.59 Å². The summed E-state index contributed by atoms with van der Waals surface area (Å²) in [5.41, 5.74) is 0. The van der Waals surface area contributed by atoms with Gasteiger partial charge in [-0.05, 0) is 25.7 Å². The first-order valence-electron chi connectivity index (χ1n) is 7.08. The second kappa shape index (κ2) is 6.61. The Hall–Kier alpha value is -1.26. The summed E-state index contributed by atoms with van der Waals surface area (Å²) in [7, 11) is 0. The normalized spacial score (nSPS) is 20.1. The number of hydrogen-bond acceptors (Lipinski definition) is 2. The fourth-order valence-electron chi connectivity index (χ4n) is 2.71. The van der Waals surface area contributed by atoms with Crippen molar-refractivity contribution in [3.63, 3.8) is 0 Å². The Labute approximate surface area is 108 Å². The van der Waals surface area contributed by atoms with Crippen LogP contribution >= 0.6 is 0 Å². The van der Waals surface area contributed by atoms with Crippen LogP contribution in [0.2, 0.25) is 0 Å². The van der Waals surface area contributed by atoms with Crippen LogP contribution in [-0.4, -0.2) is 42.5 Å². The summed E-state index contributed by atoms with van der Waals surface area (Å²) in [6, 6.07) is 0.204. The van der Waals surface area contributed by atoms with E-state index in [1.807, 2.05) is 4.90 Å². The Morgan fingerprint density at radius 1 is 1.06 bits per heavy atom. The zero-order chi connectivity index (χ0) is 12.8. The molecule has 0 bridgehead atoms. The maximum atomic E-state index is 11.7. The second-order valence-electron chi connectivity index (χ2n) is 5.22. The Balaban J connectivity index is 1.56. The van der Waals surface area contributed by atoms with E-state index in [0.29, 0.717) is 19.0 Å². The molecule has 18 heavy (non-hydrogen) atoms. The van der Waals surface area contributed by atoms with Crippen molar-refractivity contribution in [3.8, 4) is 0 Å². The van der Waals surface area contributed by atoms with Gasteiger partial charge in [0, 0.05) is 32.1 Å². The molecule has 3 amide bonds. The fraction of sp³-hybridized carbons (Fsp3) is 0.846. The molecule has 1 aliphatic carbocycles. The summed E-state index contributed by atoms with van der Waals surface area (Å²) in [4.78, 5) is 25.2. The van der Waals surface area contributed by atoms with Crippen molar-refractivity contribution < 1.29 is 9.59 Å². The van der Waals surface area contributed by atoms with Gasteiger partial charge >= 0.3 is 6.03 Å². The van der Waals surface area contributed by atoms with Gasteiger partial charge in [-0.2, -0.15) is 0 Å². The van der Waals surface area contributed by atoms with E-state index in [0.717, 1.165) is 38.8 Å². The number of nitrogens with zero attached hydrogens (tertiary/aromatic N) is 1. The number of carbonyl (C=O) groups excluding carboxylic acids is 2. The lowest BCUT2D eigenvalue weighted by Gasteiger charge is -2.16. The van der Waals surface area contributed by atoms with E-state index in [2.05, 4.69) is 10.6 Å². The van der Waals surface area contributed by atoms with E-state index in [-0.39, 0.29) is 11.9 Å². The monoisotopic (exact) mass is 253 g/mol. The minimum Gasteiger partial charge on any atom is -0.343 e. The lowest BCUT2D eigenvalue weighted by atomic mass is 10.2. The molecule has 0 spiro atoms. The Morgan fingerprint density at radius 2 is 1.72 bits per heavy atom. The minimum absolute atomic E-state index is 0.129. The van der Waals surface area contributed by atoms with Gasteiger partial charge in [-0.3, -0.25) is 4.79 Å². The topological polar surface area (TPSA) is 61.4 Å². The highest BCUT2D eigenvalue weighted by atomic mass is 16.2. The maximum Gasteiger partial charge on any atom is 0.315 e. The second-order valence-corrected chi connectivity index (χ2v) is 5.22. The average molecular weight is 253 g/mol. The molecule has 1 saturated heterocycles. The van der Waals surface area contributed by atoms with Gasteiger partial charge in [-0.25, -0.2) is 4.79 Å². The van der Waals surface area contributed by atoms with Gasteiger partial charge in [-0.1, -0.05) is 12.8 Å². The van der Waals surface area contributed by atoms with Crippen molar-refractivity contribution in [3.05, 3.63) is 0 Å². The van der Waals surface area contributed by atoms with E-state index >= 15 is 0 Å². The van der Waals surface area contributed by atoms with Gasteiger partial charge in [0.15, 0.2) is 0 Å². The fourth-order valence-corrected chi connectivity index (χ4v) is 2.71. The van der Waals surface area contributed by atoms with Crippen LogP contribution in [0.1, 0.15) is 44.9 Å². The van der Waals surface area contributed by atoms with Crippen molar-refractivity contribution in [1.82, 2.24) is 15.5 Å². The number of nitrogens with one attached hydrogen (secondary N) is 2. The van der Waals surface area contributed by atoms with E-state index in [4.69, 9.17) is 0 Å². The van der Waals surface area contributed by atoms with E-state index in [1.54, 1.807) is 0 Å². The predicted octanol–water partition coefficient (Wildman–Crippen LogP) is 1.24. The van der Waals surface area contributed by atoms with Crippen LogP contribution in [0.15, 0.2) is 0 Å². The SMILES string of the molecule is O=C(NCCC(=O)N1CCCC1)NC1CCCC1. The number of amides is 3. The molecule has 0 radical (unpaired) electrons. The zero-order valence-corrected chi connectivity index (χ0v) is 10.9. The molecule has 2 fully saturated rings. The van der Waals surface area contributed by atoms with E-state index < -0.39 is 0 Å². The number of rotatable bonds is 4. The molecule has 0 aromatic heterocycles. The maximum absolute atomic E-state index is 11.7. The molecule has 1 heterocycles. The van der Waals surface area contributed by atoms with Crippen LogP contribution in [0.4, 0.5) is 4.79 Å². The number of urea groups is 1. The van der Waals surface area contributed by atoms with Crippen molar-refractivity contribution in [2.24, 2.45) is 0 Å². The molecule has 0 aromatic rings. The molecular weight excluding hydrogens is 230 g/mol. The van der Waals surface area contributed by atoms with Gasteiger partial charge < -0.3 is 15.5 Å². The van der Waals surface area contributed by atoms with Crippen LogP contribution in [0.25, 0.3) is 0 Å². The van der Waals surface area contributed by atoms with Crippen LogP contribution in [0.3, 0.4) is 0 Å². The van der Waals surface area contributed by atoms with Crippen molar-refractivity contribution in [2.45, 2.75) is 51.0 Å². The highest BCUT2D eigenvalue weighted by Gasteiger charge is 2.19. The summed E-state index contributed by atoms with van der Waals surface area (Å²) in [5.74, 6) is 0.161. The van der Waals surface area contributed by atoms with Gasteiger partial charge in [0.2, 0.25) is 5.91 Å². The summed E-state index contributed by atoms with van der Waals surface area (Å²) >= 11 is 0. The first kappa shape index (κ1) is 13.2. The quantitative estimate of drug-likeness (QED) is 0.792.